The van der Waals surface area contributed by atoms with Crippen molar-refractivity contribution in [1.82, 2.24) is 4.90 Å². The van der Waals surface area contributed by atoms with Gasteiger partial charge in [-0.15, -0.1) is 0 Å². The molecule has 0 fully saturated rings. The Labute approximate surface area is 208 Å². The predicted molar refractivity (Wildman–Crippen MR) is 138 cm³/mol. The minimum atomic E-state index is -3.69. The molecule has 0 spiro atoms. The van der Waals surface area contributed by atoms with Crippen LogP contribution in [-0.4, -0.2) is 54.9 Å². The number of amidine groups is 3. The van der Waals surface area contributed by atoms with Crippen molar-refractivity contribution in [3.63, 3.8) is 0 Å². The lowest BCUT2D eigenvalue weighted by Crippen LogP contribution is -2.45. The Balaban J connectivity index is 1.34. The first-order valence-electron chi connectivity index (χ1n) is 10.8. The number of benzene rings is 2. The van der Waals surface area contributed by atoms with E-state index in [2.05, 4.69) is 23.2 Å². The molecule has 0 aromatic heterocycles. The van der Waals surface area contributed by atoms with Gasteiger partial charge >= 0.3 is 0 Å². The molecule has 2 aromatic rings. The number of carbonyl (C=O) groups excluding carboxylic acids is 1. The molecule has 0 radical (unpaired) electrons. The first-order chi connectivity index (χ1) is 16.6. The number of fused-ring (bicyclic) bond motifs is 1. The van der Waals surface area contributed by atoms with E-state index in [1.165, 1.54) is 17.2 Å². The van der Waals surface area contributed by atoms with Crippen LogP contribution < -0.4 is 9.47 Å². The third-order valence-corrected chi connectivity index (χ3v) is 7.08. The SMILES string of the molecule is Cc1ccc(OCCCOc2ccc(/C=C3/C(=N)N4C(=NC3=O)SN=C4S(C)(=O)=O)cc2)cc1C. The minimum absolute atomic E-state index is 0.0234. The van der Waals surface area contributed by atoms with E-state index in [9.17, 15) is 13.2 Å². The topological polar surface area (TPSA) is 121 Å². The summed E-state index contributed by atoms with van der Waals surface area (Å²) < 4.78 is 39.3. The second-order valence-corrected chi connectivity index (χ2v) is 10.7. The summed E-state index contributed by atoms with van der Waals surface area (Å²) in [7, 11) is -3.69. The monoisotopic (exact) mass is 512 g/mol. The number of nitrogens with zero attached hydrogens (tertiary/aromatic N) is 3. The quantitative estimate of drug-likeness (QED) is 0.340. The summed E-state index contributed by atoms with van der Waals surface area (Å²) >= 11 is 0.760. The Morgan fingerprint density at radius 2 is 1.69 bits per heavy atom. The van der Waals surface area contributed by atoms with Crippen LogP contribution in [-0.2, 0) is 14.6 Å². The van der Waals surface area contributed by atoms with Gasteiger partial charge in [0.2, 0.25) is 20.2 Å². The van der Waals surface area contributed by atoms with Crippen molar-refractivity contribution in [2.75, 3.05) is 19.5 Å². The first kappa shape index (κ1) is 24.7. The Morgan fingerprint density at radius 3 is 2.34 bits per heavy atom. The lowest BCUT2D eigenvalue weighted by atomic mass is 10.1. The lowest BCUT2D eigenvalue weighted by molar-refractivity contribution is -0.114. The van der Waals surface area contributed by atoms with Crippen molar-refractivity contribution in [1.29, 1.82) is 5.41 Å². The van der Waals surface area contributed by atoms with Crippen molar-refractivity contribution >= 4 is 49.9 Å². The average molecular weight is 513 g/mol. The van der Waals surface area contributed by atoms with Gasteiger partial charge in [0.1, 0.15) is 17.3 Å². The second-order valence-electron chi connectivity index (χ2n) is 8.04. The van der Waals surface area contributed by atoms with Crippen LogP contribution in [0.4, 0.5) is 0 Å². The molecule has 0 atom stereocenters. The van der Waals surface area contributed by atoms with Crippen molar-refractivity contribution < 1.29 is 22.7 Å². The minimum Gasteiger partial charge on any atom is -0.493 e. The van der Waals surface area contributed by atoms with Crippen LogP contribution in [0.1, 0.15) is 23.1 Å². The smallest absolute Gasteiger partial charge is 0.283 e. The number of carbonyl (C=O) groups is 1. The molecule has 2 heterocycles. The van der Waals surface area contributed by atoms with Crippen molar-refractivity contribution in [3.8, 4) is 11.5 Å². The van der Waals surface area contributed by atoms with Gasteiger partial charge in [-0.1, -0.05) is 18.2 Å². The van der Waals surface area contributed by atoms with E-state index in [0.29, 0.717) is 30.9 Å². The Bertz CT molecular complexity index is 1380. The molecule has 2 aliphatic heterocycles. The zero-order valence-corrected chi connectivity index (χ0v) is 21.1. The van der Waals surface area contributed by atoms with Gasteiger partial charge in [-0.25, -0.2) is 13.3 Å². The summed E-state index contributed by atoms with van der Waals surface area (Å²) in [5, 5.41) is 8.13. The number of aliphatic imine (C=N–C) groups is 1. The van der Waals surface area contributed by atoms with Crippen LogP contribution in [0.2, 0.25) is 0 Å². The number of sulfone groups is 1. The highest BCUT2D eigenvalue weighted by Crippen LogP contribution is 2.29. The predicted octanol–water partition coefficient (Wildman–Crippen LogP) is 3.77. The van der Waals surface area contributed by atoms with Crippen molar-refractivity contribution in [2.24, 2.45) is 9.39 Å². The molecule has 182 valence electrons. The fraction of sp³-hybridized carbons (Fsp3) is 0.250. The number of nitrogens with one attached hydrogen (secondary N) is 1. The summed E-state index contributed by atoms with van der Waals surface area (Å²) in [5.74, 6) is 0.597. The van der Waals surface area contributed by atoms with E-state index in [1.807, 2.05) is 18.2 Å². The van der Waals surface area contributed by atoms with Gasteiger partial charge in [0, 0.05) is 12.7 Å². The van der Waals surface area contributed by atoms with Gasteiger partial charge in [-0.05, 0) is 60.9 Å². The second kappa shape index (κ2) is 10.0. The molecule has 1 amide bonds. The average Bonchev–Trinajstić information content (AvgIpc) is 3.24. The molecule has 0 unspecified atom stereocenters. The van der Waals surface area contributed by atoms with E-state index in [0.717, 1.165) is 28.9 Å². The van der Waals surface area contributed by atoms with Crippen LogP contribution in [0.15, 0.2) is 57.4 Å². The lowest BCUT2D eigenvalue weighted by Gasteiger charge is -2.23. The molecule has 35 heavy (non-hydrogen) atoms. The summed E-state index contributed by atoms with van der Waals surface area (Å²) in [6.07, 6.45) is 3.20. The molecule has 0 saturated carbocycles. The highest BCUT2D eigenvalue weighted by atomic mass is 32.2. The maximum atomic E-state index is 12.4. The highest BCUT2D eigenvalue weighted by Gasteiger charge is 2.41. The summed E-state index contributed by atoms with van der Waals surface area (Å²) in [6.45, 7) is 5.12. The van der Waals surface area contributed by atoms with E-state index in [-0.39, 0.29) is 21.7 Å². The summed E-state index contributed by atoms with van der Waals surface area (Å²) in [4.78, 5) is 17.4. The molecule has 2 aliphatic rings. The number of rotatable bonds is 7. The third-order valence-electron chi connectivity index (χ3n) is 5.32. The molecule has 11 heteroatoms. The number of amides is 1. The Morgan fingerprint density at radius 1 is 1.03 bits per heavy atom. The highest BCUT2D eigenvalue weighted by molar-refractivity contribution is 8.16. The molecular weight excluding hydrogens is 488 g/mol. The van der Waals surface area contributed by atoms with E-state index in [4.69, 9.17) is 14.9 Å². The van der Waals surface area contributed by atoms with E-state index in [1.54, 1.807) is 24.3 Å². The molecule has 9 nitrogen and oxygen atoms in total. The molecule has 2 aromatic carbocycles. The third kappa shape index (κ3) is 5.63. The molecule has 0 bridgehead atoms. The zero-order chi connectivity index (χ0) is 25.2. The molecule has 0 saturated heterocycles. The molecule has 0 aliphatic carbocycles. The number of hydrogen-bond donors (Lipinski definition) is 1. The van der Waals surface area contributed by atoms with Crippen LogP contribution in [0, 0.1) is 19.3 Å². The number of ether oxygens (including phenoxy) is 2. The van der Waals surface area contributed by atoms with Crippen LogP contribution in [0.5, 0.6) is 11.5 Å². The maximum Gasteiger partial charge on any atom is 0.283 e. The van der Waals surface area contributed by atoms with Crippen LogP contribution >= 0.6 is 11.9 Å². The summed E-state index contributed by atoms with van der Waals surface area (Å²) in [5.41, 5.74) is 3.04. The largest absolute Gasteiger partial charge is 0.493 e. The maximum absolute atomic E-state index is 12.4. The molecule has 1 N–H and O–H groups in total. The van der Waals surface area contributed by atoms with E-state index < -0.39 is 15.7 Å². The number of aryl methyl sites for hydroxylation is 2. The van der Waals surface area contributed by atoms with Gasteiger partial charge in [-0.2, -0.15) is 9.39 Å². The standard InChI is InChI=1S/C24H24N4O5S2/c1-15-5-8-19(13-16(15)2)33-12-4-11-32-18-9-6-17(7-10-18)14-20-21(25)28-23(26-22(20)29)34-27-24(28)35(3,30)31/h5-10,13-14,25H,4,11-12H2,1-3H3/b20-14-,25-21?. The Kier molecular flexibility index (Phi) is 7.08. The first-order valence-corrected chi connectivity index (χ1v) is 13.4. The normalized spacial score (nSPS) is 16.8. The zero-order valence-electron chi connectivity index (χ0n) is 19.4. The van der Waals surface area contributed by atoms with Crippen LogP contribution in [0.3, 0.4) is 0 Å². The Hall–Kier alpha value is -3.44. The van der Waals surface area contributed by atoms with Gasteiger partial charge < -0.3 is 9.47 Å². The van der Waals surface area contributed by atoms with Crippen molar-refractivity contribution in [2.45, 2.75) is 20.3 Å². The van der Waals surface area contributed by atoms with Gasteiger partial charge in [0.25, 0.3) is 5.91 Å². The van der Waals surface area contributed by atoms with Gasteiger partial charge in [0.05, 0.1) is 30.7 Å². The van der Waals surface area contributed by atoms with E-state index >= 15 is 0 Å². The van der Waals surface area contributed by atoms with Crippen LogP contribution in [0.25, 0.3) is 6.08 Å². The summed E-state index contributed by atoms with van der Waals surface area (Å²) in [6, 6.07) is 13.0. The molecule has 4 rings (SSSR count). The van der Waals surface area contributed by atoms with Gasteiger partial charge in [-0.3, -0.25) is 10.2 Å². The van der Waals surface area contributed by atoms with Crippen molar-refractivity contribution in [3.05, 3.63) is 64.7 Å². The fourth-order valence-electron chi connectivity index (χ4n) is 3.31. The number of hydrogen-bond acceptors (Lipinski definition) is 8. The fourth-order valence-corrected chi connectivity index (χ4v) is 5.15. The van der Waals surface area contributed by atoms with Gasteiger partial charge in [0.15, 0.2) is 0 Å². The molecular formula is C24H24N4O5S2.